The van der Waals surface area contributed by atoms with Crippen molar-refractivity contribution in [2.75, 3.05) is 20.8 Å². The smallest absolute Gasteiger partial charge is 0.164 e. The van der Waals surface area contributed by atoms with E-state index in [1.54, 1.807) is 0 Å². The van der Waals surface area contributed by atoms with Crippen LogP contribution in [0.4, 0.5) is 0 Å². The number of benzene rings is 2. The number of rotatable bonds is 7. The molecule has 0 fully saturated rings. The normalized spacial score (nSPS) is 13.2. The first kappa shape index (κ1) is 17.7. The molecular weight excluding hydrogens is 316 g/mol. The molecule has 2 atom stereocenters. The van der Waals surface area contributed by atoms with Crippen LogP contribution in [0.2, 0.25) is 0 Å². The van der Waals surface area contributed by atoms with Gasteiger partial charge in [0.1, 0.15) is 11.9 Å². The summed E-state index contributed by atoms with van der Waals surface area (Å²) in [6, 6.07) is 8.58. The average molecular weight is 336 g/mol. The summed E-state index contributed by atoms with van der Waals surface area (Å²) in [5.41, 5.74) is 0.404. The Morgan fingerprint density at radius 3 is 2.25 bits per heavy atom. The summed E-state index contributed by atoms with van der Waals surface area (Å²) in [7, 11) is 2.81. The van der Waals surface area contributed by atoms with Crippen LogP contribution >= 0.6 is 0 Å². The molecule has 2 rings (SSSR count). The largest absolute Gasteiger partial charge is 0.508 e. The van der Waals surface area contributed by atoms with Gasteiger partial charge in [-0.1, -0.05) is 6.07 Å². The molecule has 0 saturated heterocycles. The number of ether oxygens (including phenoxy) is 3. The molecule has 2 aromatic carbocycles. The molecule has 0 unspecified atom stereocenters. The zero-order valence-electron chi connectivity index (χ0n) is 13.3. The minimum absolute atomic E-state index is 0.00330. The molecule has 0 aliphatic heterocycles. The first-order valence-electron chi connectivity index (χ1n) is 7.19. The maximum Gasteiger partial charge on any atom is 0.164 e. The Morgan fingerprint density at radius 2 is 1.62 bits per heavy atom. The second-order valence-electron chi connectivity index (χ2n) is 5.05. The van der Waals surface area contributed by atoms with Crippen molar-refractivity contribution in [1.29, 1.82) is 0 Å². The lowest BCUT2D eigenvalue weighted by Gasteiger charge is -2.24. The fraction of sp³-hybridized carbons (Fsp3) is 0.294. The lowest BCUT2D eigenvalue weighted by atomic mass is 10.0. The van der Waals surface area contributed by atoms with Gasteiger partial charge in [0.05, 0.1) is 20.8 Å². The number of aliphatic hydroxyl groups excluding tert-OH is 2. The number of hydrogen-bond acceptors (Lipinski definition) is 7. The van der Waals surface area contributed by atoms with Crippen LogP contribution in [0.1, 0.15) is 11.7 Å². The maximum absolute atomic E-state index is 10.5. The predicted octanol–water partition coefficient (Wildman–Crippen LogP) is 1.59. The van der Waals surface area contributed by atoms with Crippen molar-refractivity contribution >= 4 is 0 Å². The molecule has 4 N–H and O–H groups in total. The van der Waals surface area contributed by atoms with E-state index in [0.717, 1.165) is 0 Å². The summed E-state index contributed by atoms with van der Waals surface area (Å²) in [6.45, 7) is -0.464. The van der Waals surface area contributed by atoms with Gasteiger partial charge >= 0.3 is 0 Å². The van der Waals surface area contributed by atoms with Crippen LogP contribution in [0.15, 0.2) is 36.4 Å². The zero-order valence-corrected chi connectivity index (χ0v) is 13.3. The highest BCUT2D eigenvalue weighted by Crippen LogP contribution is 2.34. The first-order chi connectivity index (χ1) is 11.5. The molecule has 0 amide bonds. The van der Waals surface area contributed by atoms with Gasteiger partial charge in [0.25, 0.3) is 0 Å². The van der Waals surface area contributed by atoms with E-state index in [9.17, 15) is 20.4 Å². The minimum Gasteiger partial charge on any atom is -0.508 e. The fourth-order valence-electron chi connectivity index (χ4n) is 2.21. The molecule has 0 spiro atoms. The predicted molar refractivity (Wildman–Crippen MR) is 85.8 cm³/mol. The fourth-order valence-corrected chi connectivity index (χ4v) is 2.21. The van der Waals surface area contributed by atoms with E-state index >= 15 is 0 Å². The Morgan fingerprint density at radius 1 is 0.917 bits per heavy atom. The Hall–Kier alpha value is -2.64. The van der Waals surface area contributed by atoms with Crippen LogP contribution in [0.25, 0.3) is 0 Å². The van der Waals surface area contributed by atoms with Gasteiger partial charge in [0.2, 0.25) is 0 Å². The third-order valence-corrected chi connectivity index (χ3v) is 3.50. The molecule has 7 heteroatoms. The van der Waals surface area contributed by atoms with E-state index in [0.29, 0.717) is 5.56 Å². The summed E-state index contributed by atoms with van der Waals surface area (Å²) in [6.07, 6.45) is -2.17. The second kappa shape index (κ2) is 7.76. The van der Waals surface area contributed by atoms with Crippen LogP contribution in [-0.4, -0.2) is 47.4 Å². The summed E-state index contributed by atoms with van der Waals surface area (Å²) in [5, 5.41) is 39.1. The van der Waals surface area contributed by atoms with Crippen molar-refractivity contribution in [1.82, 2.24) is 0 Å². The summed E-state index contributed by atoms with van der Waals surface area (Å²) in [5.74, 6) is 0.673. The molecule has 0 heterocycles. The Kier molecular flexibility index (Phi) is 5.73. The van der Waals surface area contributed by atoms with Gasteiger partial charge < -0.3 is 34.6 Å². The standard InChI is InChI=1S/C17H20O7/c1-22-14-7-10(3-5-12(14)20)17(21)16(9-18)24-13-6-4-11(19)8-15(13)23-2/h3-8,16-21H,9H2,1-2H3/t16-,17+/m1/s1. The molecule has 0 aliphatic rings. The zero-order chi connectivity index (χ0) is 17.7. The van der Waals surface area contributed by atoms with Gasteiger partial charge in [-0.2, -0.15) is 0 Å². The number of methoxy groups -OCH3 is 2. The van der Waals surface area contributed by atoms with E-state index in [1.807, 2.05) is 0 Å². The molecular formula is C17H20O7. The summed E-state index contributed by atoms with van der Waals surface area (Å²) in [4.78, 5) is 0. The van der Waals surface area contributed by atoms with E-state index in [-0.39, 0.29) is 28.7 Å². The second-order valence-corrected chi connectivity index (χ2v) is 5.05. The van der Waals surface area contributed by atoms with Gasteiger partial charge in [0.15, 0.2) is 29.1 Å². The third-order valence-electron chi connectivity index (χ3n) is 3.50. The first-order valence-corrected chi connectivity index (χ1v) is 7.19. The summed E-state index contributed by atoms with van der Waals surface area (Å²) >= 11 is 0. The van der Waals surface area contributed by atoms with Crippen LogP contribution in [0, 0.1) is 0 Å². The van der Waals surface area contributed by atoms with Crippen molar-refractivity contribution in [3.05, 3.63) is 42.0 Å². The van der Waals surface area contributed by atoms with Gasteiger partial charge in [0, 0.05) is 6.07 Å². The minimum atomic E-state index is -1.18. The highest BCUT2D eigenvalue weighted by molar-refractivity contribution is 5.45. The Labute approximate surface area is 139 Å². The lowest BCUT2D eigenvalue weighted by Crippen LogP contribution is -2.29. The summed E-state index contributed by atoms with van der Waals surface area (Å²) < 4.78 is 15.7. The monoisotopic (exact) mass is 336 g/mol. The number of phenolic OH excluding ortho intramolecular Hbond substituents is 2. The van der Waals surface area contributed by atoms with E-state index in [2.05, 4.69) is 0 Å². The van der Waals surface area contributed by atoms with Gasteiger partial charge in [-0.3, -0.25) is 0 Å². The molecule has 130 valence electrons. The molecule has 24 heavy (non-hydrogen) atoms. The van der Waals surface area contributed by atoms with Crippen molar-refractivity contribution in [3.8, 4) is 28.7 Å². The molecule has 0 radical (unpaired) electrons. The van der Waals surface area contributed by atoms with Gasteiger partial charge in [-0.05, 0) is 29.8 Å². The van der Waals surface area contributed by atoms with Crippen molar-refractivity contribution in [2.24, 2.45) is 0 Å². The van der Waals surface area contributed by atoms with E-state index < -0.39 is 18.8 Å². The molecule has 0 saturated carbocycles. The van der Waals surface area contributed by atoms with Crippen molar-refractivity contribution in [3.63, 3.8) is 0 Å². The number of aliphatic hydroxyl groups is 2. The van der Waals surface area contributed by atoms with Crippen LogP contribution in [0.5, 0.6) is 28.7 Å². The van der Waals surface area contributed by atoms with Gasteiger partial charge in [-0.25, -0.2) is 0 Å². The van der Waals surface area contributed by atoms with E-state index in [4.69, 9.17) is 14.2 Å². The SMILES string of the molecule is COc1cc([C@H](O)[C@@H](CO)Oc2ccc(O)cc2OC)ccc1O. The van der Waals surface area contributed by atoms with Crippen LogP contribution in [-0.2, 0) is 0 Å². The van der Waals surface area contributed by atoms with E-state index in [1.165, 1.54) is 50.6 Å². The number of hydrogen-bond donors (Lipinski definition) is 4. The van der Waals surface area contributed by atoms with Gasteiger partial charge in [-0.15, -0.1) is 0 Å². The Balaban J connectivity index is 2.25. The molecule has 7 nitrogen and oxygen atoms in total. The molecule has 0 aromatic heterocycles. The van der Waals surface area contributed by atoms with Crippen molar-refractivity contribution < 1.29 is 34.6 Å². The van der Waals surface area contributed by atoms with Crippen LogP contribution < -0.4 is 14.2 Å². The topological polar surface area (TPSA) is 109 Å². The number of aromatic hydroxyl groups is 2. The highest BCUT2D eigenvalue weighted by atomic mass is 16.5. The molecule has 0 aliphatic carbocycles. The maximum atomic E-state index is 10.5. The quantitative estimate of drug-likeness (QED) is 0.608. The highest BCUT2D eigenvalue weighted by Gasteiger charge is 2.24. The average Bonchev–Trinajstić information content (AvgIpc) is 2.60. The number of phenols is 2. The van der Waals surface area contributed by atoms with Crippen molar-refractivity contribution in [2.45, 2.75) is 12.2 Å². The Bertz CT molecular complexity index is 687. The lowest BCUT2D eigenvalue weighted by molar-refractivity contribution is -0.000538. The molecule has 2 aromatic rings. The third kappa shape index (κ3) is 3.81. The van der Waals surface area contributed by atoms with Crippen LogP contribution in [0.3, 0.4) is 0 Å². The molecule has 0 bridgehead atoms.